The van der Waals surface area contributed by atoms with E-state index in [-0.39, 0.29) is 28.5 Å². The summed E-state index contributed by atoms with van der Waals surface area (Å²) in [6.45, 7) is 8.55. The van der Waals surface area contributed by atoms with Crippen LogP contribution in [0.5, 0.6) is 0 Å². The van der Waals surface area contributed by atoms with Crippen LogP contribution in [0.2, 0.25) is 0 Å². The maximum absolute atomic E-state index is 12.9. The molecule has 0 radical (unpaired) electrons. The second kappa shape index (κ2) is 7.24. The molecule has 0 atom stereocenters. The van der Waals surface area contributed by atoms with E-state index in [1.807, 2.05) is 6.07 Å². The third-order valence-electron chi connectivity index (χ3n) is 4.12. The molecule has 0 saturated carbocycles. The molecule has 1 saturated heterocycles. The average molecular weight is 344 g/mol. The summed E-state index contributed by atoms with van der Waals surface area (Å²) in [6, 6.07) is 7.48. The lowest BCUT2D eigenvalue weighted by molar-refractivity contribution is -0.112. The Morgan fingerprint density at radius 1 is 1.24 bits per heavy atom. The Morgan fingerprint density at radius 3 is 2.32 bits per heavy atom. The molecule has 1 aromatic rings. The summed E-state index contributed by atoms with van der Waals surface area (Å²) in [5.41, 5.74) is 0.363. The Morgan fingerprint density at radius 2 is 1.80 bits per heavy atom. The summed E-state index contributed by atoms with van der Waals surface area (Å²) >= 11 is 0. The zero-order valence-electron chi connectivity index (χ0n) is 15.1. The Balaban J connectivity index is 2.03. The standard InChI is InChI=1S/C19H25FN4O/c1-18(2)9-16(10-19(3,4)24-18)22-12-13(11-21)17(25)23-15-7-5-14(20)6-8-15/h5-8,12,16,22,24H,9-10H2,1-4H3,(H,23,25)/b13-12-. The van der Waals surface area contributed by atoms with E-state index < -0.39 is 5.91 Å². The van der Waals surface area contributed by atoms with Gasteiger partial charge in [0, 0.05) is 29.0 Å². The smallest absolute Gasteiger partial charge is 0.267 e. The highest BCUT2D eigenvalue weighted by atomic mass is 19.1. The molecule has 0 aromatic heterocycles. The van der Waals surface area contributed by atoms with E-state index in [9.17, 15) is 14.4 Å². The SMILES string of the molecule is CC1(C)CC(N/C=C(/C#N)C(=O)Nc2ccc(F)cc2)CC(C)(C)N1. The van der Waals surface area contributed by atoms with Crippen molar-refractivity contribution in [1.29, 1.82) is 5.26 Å². The molecule has 1 aliphatic rings. The number of carbonyl (C=O) groups is 1. The topological polar surface area (TPSA) is 77.0 Å². The number of amides is 1. The molecular formula is C19H25FN4O. The van der Waals surface area contributed by atoms with Gasteiger partial charge in [-0.3, -0.25) is 4.79 Å². The predicted molar refractivity (Wildman–Crippen MR) is 96.2 cm³/mol. The van der Waals surface area contributed by atoms with Crippen molar-refractivity contribution < 1.29 is 9.18 Å². The van der Waals surface area contributed by atoms with E-state index in [2.05, 4.69) is 43.6 Å². The molecule has 0 spiro atoms. The van der Waals surface area contributed by atoms with Gasteiger partial charge in [0.2, 0.25) is 0 Å². The lowest BCUT2D eigenvalue weighted by Gasteiger charge is -2.46. The summed E-state index contributed by atoms with van der Waals surface area (Å²) in [7, 11) is 0. The van der Waals surface area contributed by atoms with Crippen LogP contribution in [0, 0.1) is 17.1 Å². The minimum Gasteiger partial charge on any atom is -0.387 e. The zero-order valence-corrected chi connectivity index (χ0v) is 15.1. The summed E-state index contributed by atoms with van der Waals surface area (Å²) in [5, 5.41) is 18.7. The molecule has 0 bridgehead atoms. The highest BCUT2D eigenvalue weighted by Gasteiger charge is 2.37. The first kappa shape index (κ1) is 18.9. The van der Waals surface area contributed by atoms with Crippen LogP contribution >= 0.6 is 0 Å². The number of carbonyl (C=O) groups excluding carboxylic acids is 1. The van der Waals surface area contributed by atoms with Crippen molar-refractivity contribution in [3.8, 4) is 6.07 Å². The average Bonchev–Trinajstić information content (AvgIpc) is 2.47. The number of halogens is 1. The van der Waals surface area contributed by atoms with E-state index in [4.69, 9.17) is 0 Å². The van der Waals surface area contributed by atoms with Crippen molar-refractivity contribution in [3.05, 3.63) is 41.9 Å². The molecule has 2 rings (SSSR count). The van der Waals surface area contributed by atoms with Crippen molar-refractivity contribution >= 4 is 11.6 Å². The molecule has 1 fully saturated rings. The van der Waals surface area contributed by atoms with Crippen molar-refractivity contribution in [3.63, 3.8) is 0 Å². The monoisotopic (exact) mass is 344 g/mol. The van der Waals surface area contributed by atoms with Crippen LogP contribution in [-0.2, 0) is 4.79 Å². The summed E-state index contributed by atoms with van der Waals surface area (Å²) in [4.78, 5) is 12.2. The fourth-order valence-corrected chi connectivity index (χ4v) is 3.52. The third-order valence-corrected chi connectivity index (χ3v) is 4.12. The van der Waals surface area contributed by atoms with Crippen molar-refractivity contribution in [2.75, 3.05) is 5.32 Å². The number of hydrogen-bond donors (Lipinski definition) is 3. The predicted octanol–water partition coefficient (Wildman–Crippen LogP) is 3.07. The second-order valence-electron chi connectivity index (χ2n) is 7.80. The fourth-order valence-electron chi connectivity index (χ4n) is 3.52. The van der Waals surface area contributed by atoms with Gasteiger partial charge >= 0.3 is 0 Å². The number of anilines is 1. The number of hydrogen-bond acceptors (Lipinski definition) is 4. The molecule has 5 nitrogen and oxygen atoms in total. The van der Waals surface area contributed by atoms with Gasteiger partial charge in [0.15, 0.2) is 0 Å². The minimum atomic E-state index is -0.519. The Hall–Kier alpha value is -2.39. The quantitative estimate of drug-likeness (QED) is 0.579. The summed E-state index contributed by atoms with van der Waals surface area (Å²) in [6.07, 6.45) is 3.23. The first-order valence-corrected chi connectivity index (χ1v) is 8.33. The van der Waals surface area contributed by atoms with Gasteiger partial charge in [0.25, 0.3) is 5.91 Å². The van der Waals surface area contributed by atoms with E-state index in [0.717, 1.165) is 12.8 Å². The first-order valence-electron chi connectivity index (χ1n) is 8.33. The van der Waals surface area contributed by atoms with E-state index in [1.54, 1.807) is 0 Å². The van der Waals surface area contributed by atoms with E-state index in [1.165, 1.54) is 30.5 Å². The van der Waals surface area contributed by atoms with Gasteiger partial charge in [0.05, 0.1) is 0 Å². The number of piperidine rings is 1. The number of nitriles is 1. The highest BCUT2D eigenvalue weighted by Crippen LogP contribution is 2.28. The van der Waals surface area contributed by atoms with Crippen LogP contribution in [0.15, 0.2) is 36.0 Å². The zero-order chi connectivity index (χ0) is 18.7. The van der Waals surface area contributed by atoms with E-state index in [0.29, 0.717) is 5.69 Å². The van der Waals surface area contributed by atoms with Crippen LogP contribution < -0.4 is 16.0 Å². The molecule has 0 aliphatic carbocycles. The van der Waals surface area contributed by atoms with Gasteiger partial charge in [-0.15, -0.1) is 0 Å². The van der Waals surface area contributed by atoms with Gasteiger partial charge in [-0.25, -0.2) is 4.39 Å². The second-order valence-corrected chi connectivity index (χ2v) is 7.80. The summed E-state index contributed by atoms with van der Waals surface area (Å²) in [5.74, 6) is -0.902. The van der Waals surface area contributed by atoms with Crippen LogP contribution in [0.4, 0.5) is 10.1 Å². The van der Waals surface area contributed by atoms with Crippen LogP contribution in [0.1, 0.15) is 40.5 Å². The number of nitrogens with one attached hydrogen (secondary N) is 3. The first-order chi connectivity index (χ1) is 11.6. The molecule has 25 heavy (non-hydrogen) atoms. The van der Waals surface area contributed by atoms with Crippen molar-refractivity contribution in [2.24, 2.45) is 0 Å². The van der Waals surface area contributed by atoms with Crippen LogP contribution in [-0.4, -0.2) is 23.0 Å². The minimum absolute atomic E-state index is 0.0153. The normalized spacial score (nSPS) is 19.8. The Kier molecular flexibility index (Phi) is 5.48. The lowest BCUT2D eigenvalue weighted by Crippen LogP contribution is -2.61. The molecular weight excluding hydrogens is 319 g/mol. The van der Waals surface area contributed by atoms with Gasteiger partial charge < -0.3 is 16.0 Å². The molecule has 1 amide bonds. The van der Waals surface area contributed by atoms with E-state index >= 15 is 0 Å². The molecule has 0 unspecified atom stereocenters. The Labute approximate surface area is 148 Å². The maximum atomic E-state index is 12.9. The Bertz CT molecular complexity index is 685. The van der Waals surface area contributed by atoms with Crippen molar-refractivity contribution in [1.82, 2.24) is 10.6 Å². The van der Waals surface area contributed by atoms with Crippen molar-refractivity contribution in [2.45, 2.75) is 57.7 Å². The molecule has 134 valence electrons. The van der Waals surface area contributed by atoms with Gasteiger partial charge in [-0.2, -0.15) is 5.26 Å². The van der Waals surface area contributed by atoms with Crippen LogP contribution in [0.3, 0.4) is 0 Å². The molecule has 1 aromatic carbocycles. The molecule has 3 N–H and O–H groups in total. The van der Waals surface area contributed by atoms with Gasteiger partial charge in [0.1, 0.15) is 17.5 Å². The largest absolute Gasteiger partial charge is 0.387 e. The third kappa shape index (κ3) is 5.57. The number of nitrogens with zero attached hydrogens (tertiary/aromatic N) is 1. The highest BCUT2D eigenvalue weighted by molar-refractivity contribution is 6.06. The number of benzene rings is 1. The maximum Gasteiger partial charge on any atom is 0.267 e. The molecule has 1 aliphatic heterocycles. The van der Waals surface area contributed by atoms with Gasteiger partial charge in [-0.1, -0.05) is 0 Å². The van der Waals surface area contributed by atoms with Crippen LogP contribution in [0.25, 0.3) is 0 Å². The van der Waals surface area contributed by atoms with Gasteiger partial charge in [-0.05, 0) is 64.8 Å². The lowest BCUT2D eigenvalue weighted by atomic mass is 9.80. The fraction of sp³-hybridized carbons (Fsp3) is 0.474. The number of rotatable bonds is 4. The molecule has 6 heteroatoms. The summed E-state index contributed by atoms with van der Waals surface area (Å²) < 4.78 is 12.9. The molecule has 1 heterocycles.